The molecule has 0 radical (unpaired) electrons. The molecule has 4 rings (SSSR count). The van der Waals surface area contributed by atoms with E-state index in [0.29, 0.717) is 6.04 Å². The van der Waals surface area contributed by atoms with Crippen LogP contribution in [-0.4, -0.2) is 74.7 Å². The summed E-state index contributed by atoms with van der Waals surface area (Å²) in [5, 5.41) is 6.80. The molecule has 0 amide bonds. The predicted octanol–water partition coefficient (Wildman–Crippen LogP) is 0.841. The maximum Gasteiger partial charge on any atom is 0.191 e. The van der Waals surface area contributed by atoms with Crippen LogP contribution in [0.1, 0.15) is 11.1 Å². The lowest BCUT2D eigenvalue weighted by molar-refractivity contribution is 0.0154. The van der Waals surface area contributed by atoms with Gasteiger partial charge in [-0.3, -0.25) is 14.8 Å². The first-order valence-electron chi connectivity index (χ1n) is 8.81. The Morgan fingerprint density at radius 1 is 1.25 bits per heavy atom. The number of fused-ring (bicyclic) bond motifs is 3. The van der Waals surface area contributed by atoms with Crippen LogP contribution < -0.4 is 10.6 Å². The zero-order chi connectivity index (χ0) is 16.9. The normalized spacial score (nSPS) is 26.5. The Kier molecular flexibility index (Phi) is 5.68. The van der Waals surface area contributed by atoms with E-state index in [1.54, 1.807) is 13.1 Å². The second-order valence-corrected chi connectivity index (χ2v) is 6.69. The molecule has 1 atom stereocenters. The smallest absolute Gasteiger partial charge is 0.191 e. The molecule has 5 nitrogen and oxygen atoms in total. The summed E-state index contributed by atoms with van der Waals surface area (Å²) >= 11 is 0. The van der Waals surface area contributed by atoms with Crippen molar-refractivity contribution in [2.45, 2.75) is 19.4 Å². The molecule has 3 fully saturated rings. The van der Waals surface area contributed by atoms with Gasteiger partial charge in [-0.15, -0.1) is 0 Å². The van der Waals surface area contributed by atoms with Crippen LogP contribution in [0.5, 0.6) is 0 Å². The van der Waals surface area contributed by atoms with Gasteiger partial charge < -0.3 is 10.6 Å². The topological polar surface area (TPSA) is 42.9 Å². The van der Waals surface area contributed by atoms with Crippen molar-refractivity contribution in [3.05, 3.63) is 35.1 Å². The number of aryl methyl sites for hydroxylation is 1. The van der Waals surface area contributed by atoms with Gasteiger partial charge in [0, 0.05) is 58.9 Å². The number of hydrogen-bond acceptors (Lipinski definition) is 3. The maximum atomic E-state index is 13.1. The van der Waals surface area contributed by atoms with Gasteiger partial charge in [0.2, 0.25) is 0 Å². The van der Waals surface area contributed by atoms with Gasteiger partial charge >= 0.3 is 0 Å². The number of benzene rings is 1. The fourth-order valence-corrected chi connectivity index (χ4v) is 3.61. The van der Waals surface area contributed by atoms with E-state index < -0.39 is 0 Å². The van der Waals surface area contributed by atoms with Crippen molar-refractivity contribution in [3.63, 3.8) is 0 Å². The van der Waals surface area contributed by atoms with Crippen molar-refractivity contribution < 1.29 is 4.39 Å². The quantitative estimate of drug-likeness (QED) is 0.619. The van der Waals surface area contributed by atoms with E-state index in [1.807, 2.05) is 13.0 Å². The Hall–Kier alpha value is -1.66. The summed E-state index contributed by atoms with van der Waals surface area (Å²) in [5.41, 5.74) is 2.17. The number of guanidine groups is 1. The van der Waals surface area contributed by atoms with E-state index in [1.165, 1.54) is 37.8 Å². The van der Waals surface area contributed by atoms with Crippen LogP contribution >= 0.6 is 0 Å². The van der Waals surface area contributed by atoms with Crippen LogP contribution in [0.15, 0.2) is 23.2 Å². The zero-order valence-electron chi connectivity index (χ0n) is 14.7. The minimum atomic E-state index is -0.172. The highest BCUT2D eigenvalue weighted by molar-refractivity contribution is 5.79. The Morgan fingerprint density at radius 2 is 2.04 bits per heavy atom. The van der Waals surface area contributed by atoms with Crippen molar-refractivity contribution in [1.82, 2.24) is 20.4 Å². The lowest BCUT2D eigenvalue weighted by Crippen LogP contribution is -2.63. The standard InChI is InChI=1S/C18H28FN5/c1-14-11-16(19)4-3-15(14)5-6-21-18(20-2)22-12-17-13-23-7-9-24(17)10-8-23/h3-4,11,17H,5-10,12-13H2,1-2H3,(H2,20,21,22). The second-order valence-electron chi connectivity index (χ2n) is 6.69. The molecule has 3 saturated heterocycles. The highest BCUT2D eigenvalue weighted by Crippen LogP contribution is 2.14. The molecule has 3 aliphatic rings. The third-order valence-electron chi connectivity index (χ3n) is 5.11. The Labute approximate surface area is 143 Å². The molecule has 3 aliphatic heterocycles. The van der Waals surface area contributed by atoms with E-state index in [9.17, 15) is 4.39 Å². The summed E-state index contributed by atoms with van der Waals surface area (Å²) in [6.45, 7) is 9.59. The van der Waals surface area contributed by atoms with Crippen molar-refractivity contribution in [2.75, 3.05) is 52.9 Å². The van der Waals surface area contributed by atoms with Gasteiger partial charge in [-0.2, -0.15) is 0 Å². The molecule has 2 N–H and O–H groups in total. The summed E-state index contributed by atoms with van der Waals surface area (Å²) in [6, 6.07) is 5.55. The molecule has 2 bridgehead atoms. The van der Waals surface area contributed by atoms with Crippen molar-refractivity contribution in [3.8, 4) is 0 Å². The van der Waals surface area contributed by atoms with E-state index in [0.717, 1.165) is 37.6 Å². The highest BCUT2D eigenvalue weighted by Gasteiger charge is 2.31. The monoisotopic (exact) mass is 333 g/mol. The van der Waals surface area contributed by atoms with Crippen LogP contribution in [0.25, 0.3) is 0 Å². The lowest BCUT2D eigenvalue weighted by atomic mass is 10.1. The minimum Gasteiger partial charge on any atom is -0.356 e. The average Bonchev–Trinajstić information content (AvgIpc) is 2.60. The molecule has 132 valence electrons. The molecule has 0 aromatic heterocycles. The van der Waals surface area contributed by atoms with Gasteiger partial charge in [0.25, 0.3) is 0 Å². The third kappa shape index (κ3) is 4.24. The first-order valence-corrected chi connectivity index (χ1v) is 8.81. The molecule has 0 spiro atoms. The number of piperazine rings is 3. The third-order valence-corrected chi connectivity index (χ3v) is 5.11. The van der Waals surface area contributed by atoms with Crippen LogP contribution in [-0.2, 0) is 6.42 Å². The molecular formula is C18H28FN5. The average molecular weight is 333 g/mol. The van der Waals surface area contributed by atoms with Crippen LogP contribution in [0, 0.1) is 12.7 Å². The Bertz CT molecular complexity index is 581. The fraction of sp³-hybridized carbons (Fsp3) is 0.611. The SMILES string of the molecule is CN=C(NCCc1ccc(F)cc1C)NCC1CN2CCN1CC2. The van der Waals surface area contributed by atoms with Crippen LogP contribution in [0.4, 0.5) is 4.39 Å². The lowest BCUT2D eigenvalue weighted by Gasteiger charge is -2.47. The summed E-state index contributed by atoms with van der Waals surface area (Å²) < 4.78 is 13.1. The minimum absolute atomic E-state index is 0.172. The zero-order valence-corrected chi connectivity index (χ0v) is 14.7. The van der Waals surface area contributed by atoms with Gasteiger partial charge in [-0.25, -0.2) is 4.39 Å². The second kappa shape index (κ2) is 7.94. The van der Waals surface area contributed by atoms with E-state index in [4.69, 9.17) is 0 Å². The van der Waals surface area contributed by atoms with E-state index >= 15 is 0 Å². The molecule has 0 saturated carbocycles. The first-order chi connectivity index (χ1) is 11.7. The van der Waals surface area contributed by atoms with Gasteiger partial charge in [0.05, 0.1) is 0 Å². The first kappa shape index (κ1) is 17.2. The molecule has 1 aromatic carbocycles. The number of rotatable bonds is 5. The molecule has 1 aromatic rings. The van der Waals surface area contributed by atoms with Gasteiger partial charge in [0.15, 0.2) is 5.96 Å². The maximum absolute atomic E-state index is 13.1. The summed E-state index contributed by atoms with van der Waals surface area (Å²) in [7, 11) is 1.80. The number of nitrogens with one attached hydrogen (secondary N) is 2. The van der Waals surface area contributed by atoms with Crippen LogP contribution in [0.3, 0.4) is 0 Å². The molecule has 6 heteroatoms. The summed E-state index contributed by atoms with van der Waals surface area (Å²) in [6.07, 6.45) is 0.857. The number of nitrogens with zero attached hydrogens (tertiary/aromatic N) is 3. The van der Waals surface area contributed by atoms with Crippen molar-refractivity contribution in [1.29, 1.82) is 0 Å². The highest BCUT2D eigenvalue weighted by atomic mass is 19.1. The van der Waals surface area contributed by atoms with Gasteiger partial charge in [0.1, 0.15) is 5.82 Å². The fourth-order valence-electron chi connectivity index (χ4n) is 3.61. The summed E-state index contributed by atoms with van der Waals surface area (Å²) in [4.78, 5) is 9.42. The Balaban J connectivity index is 1.42. The summed E-state index contributed by atoms with van der Waals surface area (Å²) in [5.74, 6) is 0.668. The van der Waals surface area contributed by atoms with E-state index in [-0.39, 0.29) is 5.82 Å². The van der Waals surface area contributed by atoms with Crippen LogP contribution in [0.2, 0.25) is 0 Å². The van der Waals surface area contributed by atoms with Gasteiger partial charge in [-0.1, -0.05) is 6.07 Å². The number of halogens is 1. The van der Waals surface area contributed by atoms with Crippen molar-refractivity contribution in [2.24, 2.45) is 4.99 Å². The van der Waals surface area contributed by atoms with E-state index in [2.05, 4.69) is 25.4 Å². The van der Waals surface area contributed by atoms with Gasteiger partial charge in [-0.05, 0) is 36.6 Å². The largest absolute Gasteiger partial charge is 0.356 e. The molecule has 0 aliphatic carbocycles. The number of hydrogen-bond donors (Lipinski definition) is 2. The number of aliphatic imine (C=N–C) groups is 1. The predicted molar refractivity (Wildman–Crippen MR) is 96.0 cm³/mol. The molecular weight excluding hydrogens is 305 g/mol. The molecule has 24 heavy (non-hydrogen) atoms. The Morgan fingerprint density at radius 3 is 2.67 bits per heavy atom. The van der Waals surface area contributed by atoms with Crippen molar-refractivity contribution >= 4 is 5.96 Å². The molecule has 3 heterocycles. The molecule has 1 unspecified atom stereocenters.